The highest BCUT2D eigenvalue weighted by Gasteiger charge is 2.10. The second kappa shape index (κ2) is 9.95. The molecule has 0 fully saturated rings. The first-order valence-electron chi connectivity index (χ1n) is 9.40. The van der Waals surface area contributed by atoms with E-state index < -0.39 is 0 Å². The van der Waals surface area contributed by atoms with Crippen molar-refractivity contribution in [3.05, 3.63) is 72.0 Å². The third-order valence-corrected chi connectivity index (χ3v) is 4.66. The number of carbonyl (C=O) groups excluding carboxylic acids is 1. The van der Waals surface area contributed by atoms with E-state index in [9.17, 15) is 4.79 Å². The minimum atomic E-state index is -0.146. The van der Waals surface area contributed by atoms with Crippen LogP contribution in [-0.2, 0) is 17.8 Å². The van der Waals surface area contributed by atoms with Crippen LogP contribution in [0.5, 0.6) is 5.75 Å². The molecule has 0 aliphatic heterocycles. The lowest BCUT2D eigenvalue weighted by Crippen LogP contribution is -2.22. The number of nitrogens with zero attached hydrogens (tertiary/aromatic N) is 2. The van der Waals surface area contributed by atoms with Crippen molar-refractivity contribution in [2.24, 2.45) is 0 Å². The first-order valence-corrected chi connectivity index (χ1v) is 9.78. The van der Waals surface area contributed by atoms with Crippen molar-refractivity contribution >= 4 is 28.5 Å². The number of hydrogen-bond donors (Lipinski definition) is 1. The first kappa shape index (κ1) is 20.0. The fourth-order valence-corrected chi connectivity index (χ4v) is 3.17. The summed E-state index contributed by atoms with van der Waals surface area (Å²) in [5.74, 6) is 1.70. The topological polar surface area (TPSA) is 56.2 Å². The maximum atomic E-state index is 11.3. The molecule has 0 aliphatic rings. The predicted molar refractivity (Wildman–Crippen MR) is 113 cm³/mol. The van der Waals surface area contributed by atoms with Gasteiger partial charge in [-0.2, -0.15) is 0 Å². The smallest absolute Gasteiger partial charge is 0.243 e. The number of rotatable bonds is 10. The number of para-hydroxylation sites is 2. The van der Waals surface area contributed by atoms with Gasteiger partial charge in [0.1, 0.15) is 11.6 Å². The number of aryl methyl sites for hydroxylation is 2. The van der Waals surface area contributed by atoms with Gasteiger partial charge in [0.2, 0.25) is 5.91 Å². The van der Waals surface area contributed by atoms with Gasteiger partial charge in [-0.25, -0.2) is 4.98 Å². The van der Waals surface area contributed by atoms with Crippen molar-refractivity contribution in [1.82, 2.24) is 14.9 Å². The van der Waals surface area contributed by atoms with Crippen LogP contribution in [-0.4, -0.2) is 28.6 Å². The molecule has 0 radical (unpaired) electrons. The van der Waals surface area contributed by atoms with E-state index in [-0.39, 0.29) is 5.91 Å². The molecule has 28 heavy (non-hydrogen) atoms. The van der Waals surface area contributed by atoms with Crippen molar-refractivity contribution in [2.75, 3.05) is 13.2 Å². The third-order valence-electron chi connectivity index (χ3n) is 4.40. The molecule has 3 rings (SSSR count). The molecule has 1 heterocycles. The van der Waals surface area contributed by atoms with E-state index in [2.05, 4.69) is 22.5 Å². The average molecular weight is 398 g/mol. The molecule has 1 N–H and O–H groups in total. The van der Waals surface area contributed by atoms with Gasteiger partial charge in [-0.1, -0.05) is 30.3 Å². The molecule has 0 saturated heterocycles. The Morgan fingerprint density at radius 1 is 1.18 bits per heavy atom. The van der Waals surface area contributed by atoms with Crippen molar-refractivity contribution in [3.8, 4) is 5.75 Å². The Bertz CT molecular complexity index is 935. The lowest BCUT2D eigenvalue weighted by molar-refractivity contribution is -0.116. The van der Waals surface area contributed by atoms with Crippen LogP contribution >= 0.6 is 11.6 Å². The molecule has 1 amide bonds. The molecule has 0 spiro atoms. The minimum Gasteiger partial charge on any atom is -0.494 e. The Balaban J connectivity index is 1.59. The van der Waals surface area contributed by atoms with E-state index in [1.54, 1.807) is 0 Å². The van der Waals surface area contributed by atoms with Gasteiger partial charge in [0.25, 0.3) is 0 Å². The molecule has 0 bridgehead atoms. The summed E-state index contributed by atoms with van der Waals surface area (Å²) < 4.78 is 8.05. The molecule has 0 unspecified atom stereocenters. The van der Waals surface area contributed by atoms with Gasteiger partial charge in [0, 0.05) is 24.5 Å². The number of fused-ring (bicyclic) bond motifs is 1. The number of amides is 1. The summed E-state index contributed by atoms with van der Waals surface area (Å²) in [6.45, 7) is 5.50. The Labute approximate surface area is 170 Å². The Morgan fingerprint density at radius 3 is 2.75 bits per heavy atom. The molecular formula is C22H24ClN3O2. The number of halogens is 1. The fraction of sp³-hybridized carbons (Fsp3) is 0.273. The monoisotopic (exact) mass is 397 g/mol. The van der Waals surface area contributed by atoms with Crippen LogP contribution in [0.15, 0.2) is 61.2 Å². The summed E-state index contributed by atoms with van der Waals surface area (Å²) >= 11 is 5.90. The van der Waals surface area contributed by atoms with Gasteiger partial charge in [-0.15, -0.1) is 0 Å². The van der Waals surface area contributed by atoms with Crippen molar-refractivity contribution in [3.63, 3.8) is 0 Å². The molecule has 0 aliphatic carbocycles. The normalized spacial score (nSPS) is 10.8. The summed E-state index contributed by atoms with van der Waals surface area (Å²) in [6, 6.07) is 15.5. The summed E-state index contributed by atoms with van der Waals surface area (Å²) in [5.41, 5.74) is 2.12. The summed E-state index contributed by atoms with van der Waals surface area (Å²) in [7, 11) is 0. The van der Waals surface area contributed by atoms with Crippen molar-refractivity contribution in [1.29, 1.82) is 0 Å². The van der Waals surface area contributed by atoms with Gasteiger partial charge in [-0.3, -0.25) is 4.79 Å². The Morgan fingerprint density at radius 2 is 1.96 bits per heavy atom. The zero-order chi connectivity index (χ0) is 19.8. The van der Waals surface area contributed by atoms with Crippen molar-refractivity contribution < 1.29 is 9.53 Å². The van der Waals surface area contributed by atoms with E-state index in [1.165, 1.54) is 6.08 Å². The predicted octanol–water partition coefficient (Wildman–Crippen LogP) is 4.39. The van der Waals surface area contributed by atoms with Crippen molar-refractivity contribution in [2.45, 2.75) is 25.8 Å². The quantitative estimate of drug-likeness (QED) is 0.407. The molecule has 5 nitrogen and oxygen atoms in total. The average Bonchev–Trinajstić information content (AvgIpc) is 3.07. The van der Waals surface area contributed by atoms with Gasteiger partial charge < -0.3 is 14.6 Å². The number of ether oxygens (including phenoxy) is 1. The van der Waals surface area contributed by atoms with Gasteiger partial charge in [0.15, 0.2) is 0 Å². The van der Waals surface area contributed by atoms with E-state index in [0.717, 1.165) is 48.4 Å². The van der Waals surface area contributed by atoms with Crippen LogP contribution in [0, 0.1) is 0 Å². The van der Waals surface area contributed by atoms with Gasteiger partial charge in [-0.05, 0) is 55.3 Å². The van der Waals surface area contributed by atoms with Gasteiger partial charge in [0.05, 0.1) is 17.6 Å². The van der Waals surface area contributed by atoms with Crippen LogP contribution in [0.25, 0.3) is 11.0 Å². The molecule has 0 atom stereocenters. The second-order valence-corrected chi connectivity index (χ2v) is 6.86. The fourth-order valence-electron chi connectivity index (χ4n) is 3.04. The molecule has 1 aromatic heterocycles. The van der Waals surface area contributed by atoms with Gasteiger partial charge >= 0.3 is 0 Å². The van der Waals surface area contributed by atoms with E-state index in [1.807, 2.05) is 42.5 Å². The summed E-state index contributed by atoms with van der Waals surface area (Å²) in [5, 5.41) is 3.51. The highest BCUT2D eigenvalue weighted by Crippen LogP contribution is 2.19. The highest BCUT2D eigenvalue weighted by molar-refractivity contribution is 6.30. The Hall–Kier alpha value is -2.79. The number of carbonyl (C=O) groups is 1. The Kier molecular flexibility index (Phi) is 7.09. The van der Waals surface area contributed by atoms with E-state index in [0.29, 0.717) is 18.2 Å². The molecule has 2 aromatic carbocycles. The second-order valence-electron chi connectivity index (χ2n) is 6.42. The zero-order valence-corrected chi connectivity index (χ0v) is 16.5. The lowest BCUT2D eigenvalue weighted by Gasteiger charge is -2.11. The van der Waals surface area contributed by atoms with Crippen LogP contribution in [0.3, 0.4) is 0 Å². The maximum absolute atomic E-state index is 11.3. The number of imidazole rings is 1. The van der Waals surface area contributed by atoms with E-state index in [4.69, 9.17) is 21.3 Å². The zero-order valence-electron chi connectivity index (χ0n) is 15.7. The molecule has 146 valence electrons. The minimum absolute atomic E-state index is 0.146. The van der Waals surface area contributed by atoms with Crippen LogP contribution in [0.2, 0.25) is 5.02 Å². The summed E-state index contributed by atoms with van der Waals surface area (Å²) in [6.07, 6.45) is 3.77. The first-order chi connectivity index (χ1) is 13.7. The lowest BCUT2D eigenvalue weighted by atomic mass is 10.2. The molecule has 3 aromatic rings. The number of hydrogen-bond acceptors (Lipinski definition) is 3. The van der Waals surface area contributed by atoms with Crippen LogP contribution in [0.1, 0.15) is 18.7 Å². The third kappa shape index (κ3) is 5.36. The summed E-state index contributed by atoms with van der Waals surface area (Å²) in [4.78, 5) is 16.0. The molecule has 6 heteroatoms. The molecular weight excluding hydrogens is 374 g/mol. The number of benzene rings is 2. The SMILES string of the molecule is C=CC(=O)NCCCc1nc2ccccc2n1CCCOc1ccc(Cl)cc1. The number of aromatic nitrogens is 2. The standard InChI is InChI=1S/C22H24ClN3O2/c1-2-22(27)24-14-5-9-21-25-19-7-3-4-8-20(19)26(21)15-6-16-28-18-12-10-17(23)11-13-18/h2-4,7-8,10-13H,1,5-6,9,14-16H2,(H,24,27). The largest absolute Gasteiger partial charge is 0.494 e. The number of nitrogens with one attached hydrogen (secondary N) is 1. The maximum Gasteiger partial charge on any atom is 0.243 e. The van der Waals surface area contributed by atoms with Crippen LogP contribution in [0.4, 0.5) is 0 Å². The van der Waals surface area contributed by atoms with Crippen LogP contribution < -0.4 is 10.1 Å². The highest BCUT2D eigenvalue weighted by atomic mass is 35.5. The van der Waals surface area contributed by atoms with E-state index >= 15 is 0 Å². The molecule has 0 saturated carbocycles.